The molecular weight excluding hydrogens is 346 g/mol. The van der Waals surface area contributed by atoms with Gasteiger partial charge in [0.05, 0.1) is 0 Å². The molecule has 1 saturated heterocycles. The summed E-state index contributed by atoms with van der Waals surface area (Å²) in [4.78, 5) is 4.29. The van der Waals surface area contributed by atoms with Gasteiger partial charge in [-0.1, -0.05) is 0 Å². The van der Waals surface area contributed by atoms with Crippen LogP contribution >= 0.6 is 15.9 Å². The minimum absolute atomic E-state index is 0.0302. The average Bonchev–Trinajstić information content (AvgIpc) is 2.47. The first-order chi connectivity index (χ1) is 9.46. The van der Waals surface area contributed by atoms with Gasteiger partial charge in [-0.2, -0.15) is 4.31 Å². The molecule has 20 heavy (non-hydrogen) atoms. The molecule has 0 atom stereocenters. The first-order valence-electron chi connectivity index (χ1n) is 6.36. The van der Waals surface area contributed by atoms with Crippen LogP contribution in [0.5, 0.6) is 0 Å². The Morgan fingerprint density at radius 3 is 2.70 bits per heavy atom. The van der Waals surface area contributed by atoms with Crippen LogP contribution in [0.4, 0.5) is 5.82 Å². The van der Waals surface area contributed by atoms with Crippen LogP contribution in [0.15, 0.2) is 21.6 Å². The lowest BCUT2D eigenvalue weighted by Crippen LogP contribution is -2.40. The molecular formula is C12H18BrN3O3S. The van der Waals surface area contributed by atoms with Crippen molar-refractivity contribution in [1.82, 2.24) is 9.29 Å². The maximum atomic E-state index is 12.7. The Hall–Kier alpha value is -0.700. The van der Waals surface area contributed by atoms with Crippen molar-refractivity contribution in [3.63, 3.8) is 0 Å². The molecule has 2 heterocycles. The van der Waals surface area contributed by atoms with Crippen LogP contribution in [0, 0.1) is 0 Å². The highest BCUT2D eigenvalue weighted by Gasteiger charge is 2.31. The third kappa shape index (κ3) is 3.13. The van der Waals surface area contributed by atoms with E-state index in [1.807, 2.05) is 0 Å². The molecule has 0 unspecified atom stereocenters. The van der Waals surface area contributed by atoms with Crippen molar-refractivity contribution in [3.8, 4) is 0 Å². The zero-order chi connectivity index (χ0) is 14.8. The van der Waals surface area contributed by atoms with Crippen molar-refractivity contribution in [3.05, 3.63) is 16.7 Å². The van der Waals surface area contributed by atoms with Crippen LogP contribution in [0.25, 0.3) is 0 Å². The summed E-state index contributed by atoms with van der Waals surface area (Å²) >= 11 is 3.27. The molecule has 0 aliphatic carbocycles. The van der Waals surface area contributed by atoms with Gasteiger partial charge in [-0.25, -0.2) is 13.4 Å². The Balaban J connectivity index is 2.36. The second kappa shape index (κ2) is 6.38. The molecule has 0 saturated carbocycles. The molecule has 6 nitrogen and oxygen atoms in total. The van der Waals surface area contributed by atoms with Gasteiger partial charge >= 0.3 is 0 Å². The number of hydrogen-bond acceptors (Lipinski definition) is 5. The number of anilines is 1. The van der Waals surface area contributed by atoms with Gasteiger partial charge in [0, 0.05) is 44.0 Å². The van der Waals surface area contributed by atoms with E-state index in [1.165, 1.54) is 4.31 Å². The zero-order valence-corrected chi connectivity index (χ0v) is 13.9. The standard InChI is InChI=1S/C12H18BrN3O3S/c1-14-12-11(7-9(13)8-15-12)20(17,18)16(2)10-3-5-19-6-4-10/h7-8,10H,3-6H2,1-2H3,(H,14,15). The van der Waals surface area contributed by atoms with E-state index in [4.69, 9.17) is 4.74 Å². The number of halogens is 1. The van der Waals surface area contributed by atoms with E-state index in [1.54, 1.807) is 26.4 Å². The highest BCUT2D eigenvalue weighted by atomic mass is 79.9. The zero-order valence-electron chi connectivity index (χ0n) is 11.5. The summed E-state index contributed by atoms with van der Waals surface area (Å²) in [5, 5.41) is 2.82. The Labute approximate surface area is 127 Å². The monoisotopic (exact) mass is 363 g/mol. The van der Waals surface area contributed by atoms with Crippen LogP contribution in [0.1, 0.15) is 12.8 Å². The second-order valence-corrected chi connectivity index (χ2v) is 7.50. The molecule has 0 aromatic carbocycles. The normalized spacial score (nSPS) is 17.4. The Morgan fingerprint density at radius 1 is 1.45 bits per heavy atom. The molecule has 1 N–H and O–H groups in total. The van der Waals surface area contributed by atoms with E-state index in [0.29, 0.717) is 36.3 Å². The molecule has 1 fully saturated rings. The highest BCUT2D eigenvalue weighted by molar-refractivity contribution is 9.10. The lowest BCUT2D eigenvalue weighted by molar-refractivity contribution is 0.0632. The number of ether oxygens (including phenoxy) is 1. The van der Waals surface area contributed by atoms with E-state index in [9.17, 15) is 8.42 Å². The van der Waals surface area contributed by atoms with Crippen LogP contribution in [0.2, 0.25) is 0 Å². The molecule has 0 amide bonds. The molecule has 1 aromatic rings. The molecule has 0 radical (unpaired) electrons. The number of pyridine rings is 1. The van der Waals surface area contributed by atoms with Gasteiger partial charge in [0.15, 0.2) is 0 Å². The summed E-state index contributed by atoms with van der Waals surface area (Å²) < 4.78 is 32.8. The van der Waals surface area contributed by atoms with Crippen molar-refractivity contribution in [2.24, 2.45) is 0 Å². The van der Waals surface area contributed by atoms with Gasteiger partial charge in [-0.15, -0.1) is 0 Å². The third-order valence-electron chi connectivity index (χ3n) is 3.42. The summed E-state index contributed by atoms with van der Waals surface area (Å²) in [6.45, 7) is 1.19. The fourth-order valence-corrected chi connectivity index (χ4v) is 4.28. The molecule has 8 heteroatoms. The van der Waals surface area contributed by atoms with Gasteiger partial charge in [-0.3, -0.25) is 0 Å². The fraction of sp³-hybridized carbons (Fsp3) is 0.583. The molecule has 0 spiro atoms. The van der Waals surface area contributed by atoms with E-state index in [-0.39, 0.29) is 10.9 Å². The topological polar surface area (TPSA) is 71.5 Å². The van der Waals surface area contributed by atoms with Crippen molar-refractivity contribution in [1.29, 1.82) is 0 Å². The Morgan fingerprint density at radius 2 is 2.10 bits per heavy atom. The number of nitrogens with zero attached hydrogens (tertiary/aromatic N) is 2. The lowest BCUT2D eigenvalue weighted by Gasteiger charge is -2.30. The second-order valence-electron chi connectivity index (χ2n) is 4.62. The minimum Gasteiger partial charge on any atom is -0.381 e. The smallest absolute Gasteiger partial charge is 0.246 e. The van der Waals surface area contributed by atoms with Gasteiger partial charge in [-0.05, 0) is 34.8 Å². The van der Waals surface area contributed by atoms with Gasteiger partial charge in [0.1, 0.15) is 10.7 Å². The summed E-state index contributed by atoms with van der Waals surface area (Å²) in [6.07, 6.45) is 3.00. The van der Waals surface area contributed by atoms with E-state index < -0.39 is 10.0 Å². The van der Waals surface area contributed by atoms with E-state index >= 15 is 0 Å². The first-order valence-corrected chi connectivity index (χ1v) is 8.59. The Kier molecular flexibility index (Phi) is 5.00. The number of nitrogens with one attached hydrogen (secondary N) is 1. The SMILES string of the molecule is CNc1ncc(Br)cc1S(=O)(=O)N(C)C1CCOCC1. The van der Waals surface area contributed by atoms with Crippen LogP contribution in [-0.2, 0) is 14.8 Å². The first kappa shape index (κ1) is 15.7. The third-order valence-corrected chi connectivity index (χ3v) is 5.78. The summed E-state index contributed by atoms with van der Waals surface area (Å²) in [6, 6.07) is 1.54. The Bertz CT molecular complexity index is 573. The van der Waals surface area contributed by atoms with Gasteiger partial charge in [0.25, 0.3) is 0 Å². The maximum absolute atomic E-state index is 12.7. The van der Waals surface area contributed by atoms with Crippen LogP contribution in [0.3, 0.4) is 0 Å². The molecule has 0 bridgehead atoms. The molecule has 2 rings (SSSR count). The minimum atomic E-state index is -3.58. The highest BCUT2D eigenvalue weighted by Crippen LogP contribution is 2.28. The number of rotatable bonds is 4. The van der Waals surface area contributed by atoms with E-state index in [0.717, 1.165) is 0 Å². The van der Waals surface area contributed by atoms with Crippen molar-refractivity contribution < 1.29 is 13.2 Å². The summed E-state index contributed by atoms with van der Waals surface area (Å²) in [5.74, 6) is 0.354. The van der Waals surface area contributed by atoms with Crippen molar-refractivity contribution in [2.45, 2.75) is 23.8 Å². The summed E-state index contributed by atoms with van der Waals surface area (Å²) in [5.41, 5.74) is 0. The van der Waals surface area contributed by atoms with Gasteiger partial charge in [0.2, 0.25) is 10.0 Å². The quantitative estimate of drug-likeness (QED) is 0.880. The number of sulfonamides is 1. The van der Waals surface area contributed by atoms with Crippen molar-refractivity contribution >= 4 is 31.8 Å². The largest absolute Gasteiger partial charge is 0.381 e. The molecule has 112 valence electrons. The van der Waals surface area contributed by atoms with Crippen LogP contribution in [-0.4, -0.2) is 51.1 Å². The fourth-order valence-electron chi connectivity index (χ4n) is 2.21. The van der Waals surface area contributed by atoms with E-state index in [2.05, 4.69) is 26.2 Å². The average molecular weight is 364 g/mol. The molecule has 1 aliphatic heterocycles. The van der Waals surface area contributed by atoms with Crippen LogP contribution < -0.4 is 5.32 Å². The predicted octanol–water partition coefficient (Wildman–Crippen LogP) is 1.69. The van der Waals surface area contributed by atoms with Gasteiger partial charge < -0.3 is 10.1 Å². The van der Waals surface area contributed by atoms with Crippen molar-refractivity contribution in [2.75, 3.05) is 32.6 Å². The number of aromatic nitrogens is 1. The predicted molar refractivity (Wildman–Crippen MR) is 80.3 cm³/mol. The molecule has 1 aliphatic rings. The summed E-state index contributed by atoms with van der Waals surface area (Å²) in [7, 11) is -0.308. The molecule has 1 aromatic heterocycles. The number of hydrogen-bond donors (Lipinski definition) is 1. The maximum Gasteiger partial charge on any atom is 0.246 e. The lowest BCUT2D eigenvalue weighted by atomic mass is 10.1.